The Hall–Kier alpha value is -2.48. The summed E-state index contributed by atoms with van der Waals surface area (Å²) in [4.78, 5) is 0. The summed E-state index contributed by atoms with van der Waals surface area (Å²) in [5, 5.41) is 20.0. The quantitative estimate of drug-likeness (QED) is 0.576. The summed E-state index contributed by atoms with van der Waals surface area (Å²) in [6.07, 6.45) is 9.87. The number of phenols is 2. The molecule has 2 N–H and O–H groups in total. The van der Waals surface area contributed by atoms with Gasteiger partial charge in [-0.3, -0.25) is 0 Å². The Kier molecular flexibility index (Phi) is 5.43. The highest BCUT2D eigenvalue weighted by Gasteiger charge is 2.30. The van der Waals surface area contributed by atoms with Crippen molar-refractivity contribution in [2.24, 2.45) is 5.41 Å². The van der Waals surface area contributed by atoms with Crippen LogP contribution in [0, 0.1) is 5.41 Å². The van der Waals surface area contributed by atoms with Crippen LogP contribution in [0.1, 0.15) is 69.6 Å². The zero-order valence-electron chi connectivity index (χ0n) is 17.6. The minimum absolute atomic E-state index is 0.102. The van der Waals surface area contributed by atoms with Gasteiger partial charge in [0.2, 0.25) is 0 Å². The molecule has 0 spiro atoms. The molecule has 3 rings (SSSR count). The van der Waals surface area contributed by atoms with E-state index in [9.17, 15) is 10.2 Å². The monoisotopic (exact) mass is 376 g/mol. The summed E-state index contributed by atoms with van der Waals surface area (Å²) in [6.45, 7) is 11.2. The van der Waals surface area contributed by atoms with Crippen molar-refractivity contribution in [3.63, 3.8) is 0 Å². The summed E-state index contributed by atoms with van der Waals surface area (Å²) >= 11 is 0. The van der Waals surface area contributed by atoms with Crippen LogP contribution in [0.3, 0.4) is 0 Å². The second kappa shape index (κ2) is 7.50. The molecule has 148 valence electrons. The van der Waals surface area contributed by atoms with E-state index in [1.165, 1.54) is 11.1 Å². The average Bonchev–Trinajstić information content (AvgIpc) is 2.61. The molecule has 0 bridgehead atoms. The number of hydrogen-bond donors (Lipinski definition) is 2. The van der Waals surface area contributed by atoms with E-state index in [0.717, 1.165) is 12.0 Å². The molecule has 0 unspecified atom stereocenters. The van der Waals surface area contributed by atoms with Gasteiger partial charge in [-0.1, -0.05) is 83.2 Å². The number of allylic oxidation sites excluding steroid dienone is 4. The summed E-state index contributed by atoms with van der Waals surface area (Å²) < 4.78 is 0. The predicted octanol–water partition coefficient (Wildman–Crippen LogP) is 6.81. The lowest BCUT2D eigenvalue weighted by atomic mass is 9.71. The largest absolute Gasteiger partial charge is 0.508 e. The smallest absolute Gasteiger partial charge is 0.119 e. The summed E-state index contributed by atoms with van der Waals surface area (Å²) in [6, 6.07) is 13.4. The third kappa shape index (κ3) is 4.67. The van der Waals surface area contributed by atoms with E-state index < -0.39 is 0 Å². The first-order valence-electron chi connectivity index (χ1n) is 10.0. The Morgan fingerprint density at radius 1 is 0.714 bits per heavy atom. The van der Waals surface area contributed by atoms with Gasteiger partial charge >= 0.3 is 0 Å². The lowest BCUT2D eigenvalue weighted by Crippen LogP contribution is -2.25. The van der Waals surface area contributed by atoms with Crippen molar-refractivity contribution >= 4 is 0 Å². The fourth-order valence-electron chi connectivity index (χ4n) is 4.47. The van der Waals surface area contributed by atoms with Gasteiger partial charge in [0.05, 0.1) is 0 Å². The third-order valence-corrected chi connectivity index (χ3v) is 5.44. The number of phenolic OH excluding ortho intramolecular Hbond substituents is 2. The highest BCUT2D eigenvalue weighted by Crippen LogP contribution is 2.41. The second-order valence-corrected chi connectivity index (χ2v) is 9.81. The van der Waals surface area contributed by atoms with Gasteiger partial charge in [0.15, 0.2) is 0 Å². The molecule has 2 aromatic carbocycles. The average molecular weight is 377 g/mol. The predicted molar refractivity (Wildman–Crippen MR) is 117 cm³/mol. The topological polar surface area (TPSA) is 40.5 Å². The van der Waals surface area contributed by atoms with Gasteiger partial charge in [0, 0.05) is 11.8 Å². The lowest BCUT2D eigenvalue weighted by Gasteiger charge is -2.34. The van der Waals surface area contributed by atoms with Gasteiger partial charge in [-0.15, -0.1) is 0 Å². The second-order valence-electron chi connectivity index (χ2n) is 9.81. The number of aromatic hydroxyl groups is 2. The molecule has 0 fully saturated rings. The molecule has 2 heteroatoms. The first kappa shape index (κ1) is 20.3. The molecule has 2 nitrogen and oxygen atoms in total. The number of rotatable bonds is 4. The van der Waals surface area contributed by atoms with Crippen molar-refractivity contribution in [1.82, 2.24) is 0 Å². The van der Waals surface area contributed by atoms with E-state index in [1.807, 2.05) is 24.3 Å². The van der Waals surface area contributed by atoms with Crippen LogP contribution in [-0.4, -0.2) is 10.2 Å². The number of hydrogen-bond acceptors (Lipinski definition) is 2. The molecule has 28 heavy (non-hydrogen) atoms. The first-order valence-corrected chi connectivity index (χ1v) is 10.0. The summed E-state index contributed by atoms with van der Waals surface area (Å²) in [5.74, 6) is 1.10. The lowest BCUT2D eigenvalue weighted by molar-refractivity contribution is 0.278. The molecule has 0 heterocycles. The Labute approximate surface area is 169 Å². The normalized spacial score (nSPS) is 19.8. The van der Waals surface area contributed by atoms with Gasteiger partial charge in [-0.2, -0.15) is 0 Å². The van der Waals surface area contributed by atoms with Gasteiger partial charge in [-0.25, -0.2) is 0 Å². The maximum atomic E-state index is 10.5. The Morgan fingerprint density at radius 3 is 1.75 bits per heavy atom. The van der Waals surface area contributed by atoms with E-state index in [0.29, 0.717) is 11.5 Å². The molecule has 1 aliphatic carbocycles. The van der Waals surface area contributed by atoms with Crippen molar-refractivity contribution in [3.05, 3.63) is 83.5 Å². The zero-order valence-corrected chi connectivity index (χ0v) is 17.6. The van der Waals surface area contributed by atoms with Crippen LogP contribution >= 0.6 is 0 Å². The SMILES string of the molecule is CC(C)(C)CC(C)(C)c1cc(C2C=CC(c3ccc(O)cc3)C=C2)ccc1O. The Balaban J connectivity index is 1.83. The van der Waals surface area contributed by atoms with Crippen LogP contribution in [-0.2, 0) is 5.41 Å². The van der Waals surface area contributed by atoms with Crippen molar-refractivity contribution in [2.75, 3.05) is 0 Å². The molecule has 0 saturated heterocycles. The van der Waals surface area contributed by atoms with Crippen LogP contribution in [0.4, 0.5) is 0 Å². The van der Waals surface area contributed by atoms with Crippen LogP contribution in [0.15, 0.2) is 66.8 Å². The van der Waals surface area contributed by atoms with E-state index >= 15 is 0 Å². The fraction of sp³-hybridized carbons (Fsp3) is 0.385. The molecule has 0 amide bonds. The third-order valence-electron chi connectivity index (χ3n) is 5.44. The Bertz CT molecular complexity index is 866. The summed E-state index contributed by atoms with van der Waals surface area (Å²) in [5.41, 5.74) is 3.47. The van der Waals surface area contributed by atoms with Crippen LogP contribution in [0.5, 0.6) is 11.5 Å². The van der Waals surface area contributed by atoms with Gasteiger partial charge in [-0.05, 0) is 52.1 Å². The van der Waals surface area contributed by atoms with Crippen molar-refractivity contribution in [1.29, 1.82) is 0 Å². The standard InChI is InChI=1S/C26H32O2/c1-25(2,3)17-26(4,5)23-16-21(12-15-24(23)28)20-8-6-18(7-9-20)19-10-13-22(27)14-11-19/h6-16,18,20,27-28H,17H2,1-5H3. The van der Waals surface area contributed by atoms with Crippen molar-refractivity contribution in [3.8, 4) is 11.5 Å². The van der Waals surface area contributed by atoms with Crippen molar-refractivity contribution < 1.29 is 10.2 Å². The molecule has 2 aromatic rings. The van der Waals surface area contributed by atoms with Crippen LogP contribution in [0.25, 0.3) is 0 Å². The highest BCUT2D eigenvalue weighted by molar-refractivity contribution is 5.46. The molecule has 1 aliphatic rings. The van der Waals surface area contributed by atoms with Crippen LogP contribution < -0.4 is 0 Å². The zero-order chi connectivity index (χ0) is 20.5. The Morgan fingerprint density at radius 2 is 1.21 bits per heavy atom. The van der Waals surface area contributed by atoms with E-state index in [-0.39, 0.29) is 22.7 Å². The van der Waals surface area contributed by atoms with Crippen molar-refractivity contribution in [2.45, 2.75) is 58.3 Å². The molecule has 0 atom stereocenters. The van der Waals surface area contributed by atoms with E-state index in [2.05, 4.69) is 65.0 Å². The first-order chi connectivity index (χ1) is 13.0. The molecule has 0 radical (unpaired) electrons. The highest BCUT2D eigenvalue weighted by atomic mass is 16.3. The van der Waals surface area contributed by atoms with Gasteiger partial charge in [0.1, 0.15) is 11.5 Å². The minimum atomic E-state index is -0.102. The van der Waals surface area contributed by atoms with E-state index in [4.69, 9.17) is 0 Å². The fourth-order valence-corrected chi connectivity index (χ4v) is 4.47. The maximum Gasteiger partial charge on any atom is 0.119 e. The minimum Gasteiger partial charge on any atom is -0.508 e. The van der Waals surface area contributed by atoms with Gasteiger partial charge in [0.25, 0.3) is 0 Å². The molecular formula is C26H32O2. The van der Waals surface area contributed by atoms with Gasteiger partial charge < -0.3 is 10.2 Å². The summed E-state index contributed by atoms with van der Waals surface area (Å²) in [7, 11) is 0. The molecule has 0 aromatic heterocycles. The van der Waals surface area contributed by atoms with E-state index in [1.54, 1.807) is 12.1 Å². The van der Waals surface area contributed by atoms with Crippen LogP contribution in [0.2, 0.25) is 0 Å². The number of benzene rings is 2. The molecule has 0 aliphatic heterocycles. The maximum absolute atomic E-state index is 10.5. The molecular weight excluding hydrogens is 344 g/mol. The molecule has 0 saturated carbocycles.